The van der Waals surface area contributed by atoms with Crippen molar-refractivity contribution in [2.24, 2.45) is 11.1 Å². The number of nitrogens with two attached hydrogens (primary N) is 1. The molecule has 1 atom stereocenters. The summed E-state index contributed by atoms with van der Waals surface area (Å²) in [7, 11) is 0. The highest BCUT2D eigenvalue weighted by Crippen LogP contribution is 2.50. The lowest BCUT2D eigenvalue weighted by molar-refractivity contribution is -0.149. The first-order valence-corrected chi connectivity index (χ1v) is 7.73. The number of carbonyl (C=O) groups is 1. The fourth-order valence-corrected chi connectivity index (χ4v) is 3.26. The molecule has 0 bridgehead atoms. The Morgan fingerprint density at radius 2 is 2.05 bits per heavy atom. The molecule has 110 valence electrons. The van der Waals surface area contributed by atoms with Crippen molar-refractivity contribution in [1.29, 1.82) is 0 Å². The van der Waals surface area contributed by atoms with Crippen LogP contribution in [-0.2, 0) is 4.79 Å². The van der Waals surface area contributed by atoms with Gasteiger partial charge in [0.2, 0.25) is 5.91 Å². The molecule has 20 heavy (non-hydrogen) atoms. The summed E-state index contributed by atoms with van der Waals surface area (Å²) in [6.45, 7) is 5.50. The van der Waals surface area contributed by atoms with Crippen molar-refractivity contribution in [3.05, 3.63) is 34.9 Å². The molecule has 0 heterocycles. The second-order valence-electron chi connectivity index (χ2n) is 5.52. The highest BCUT2D eigenvalue weighted by Gasteiger charge is 2.50. The zero-order valence-electron chi connectivity index (χ0n) is 12.2. The Bertz CT molecular complexity index is 481. The standard InChI is InChI=1S/C16H23ClN2O/c1-3-19(4-2)15(20)16(9-6-10-16)14(18)12-7-5-8-13(17)11-12/h5,7-8,11,14H,3-4,6,9-10,18H2,1-2H3. The van der Waals surface area contributed by atoms with Crippen molar-refractivity contribution in [2.75, 3.05) is 13.1 Å². The lowest BCUT2D eigenvalue weighted by Gasteiger charge is -2.47. The number of hydrogen-bond acceptors (Lipinski definition) is 2. The van der Waals surface area contributed by atoms with Crippen molar-refractivity contribution in [1.82, 2.24) is 4.90 Å². The summed E-state index contributed by atoms with van der Waals surface area (Å²) in [6.07, 6.45) is 2.81. The number of benzene rings is 1. The molecule has 1 saturated carbocycles. The van der Waals surface area contributed by atoms with E-state index in [-0.39, 0.29) is 11.9 Å². The van der Waals surface area contributed by atoms with E-state index in [1.54, 1.807) is 0 Å². The molecule has 1 aliphatic carbocycles. The Morgan fingerprint density at radius 3 is 2.50 bits per heavy atom. The van der Waals surface area contributed by atoms with E-state index >= 15 is 0 Å². The molecule has 1 fully saturated rings. The van der Waals surface area contributed by atoms with Gasteiger partial charge < -0.3 is 10.6 Å². The van der Waals surface area contributed by atoms with Gasteiger partial charge in [-0.1, -0.05) is 30.2 Å². The normalized spacial score (nSPS) is 18.2. The van der Waals surface area contributed by atoms with E-state index in [0.29, 0.717) is 5.02 Å². The van der Waals surface area contributed by atoms with Gasteiger partial charge in [0.15, 0.2) is 0 Å². The van der Waals surface area contributed by atoms with Gasteiger partial charge in [-0.25, -0.2) is 0 Å². The lowest BCUT2D eigenvalue weighted by atomic mass is 9.61. The molecule has 0 aliphatic heterocycles. The van der Waals surface area contributed by atoms with Gasteiger partial charge in [0, 0.05) is 24.2 Å². The van der Waals surface area contributed by atoms with Crippen LogP contribution in [0.4, 0.5) is 0 Å². The predicted octanol–water partition coefficient (Wildman–Crippen LogP) is 3.38. The molecule has 4 heteroatoms. The van der Waals surface area contributed by atoms with Gasteiger partial charge >= 0.3 is 0 Å². The first kappa shape index (κ1) is 15.3. The van der Waals surface area contributed by atoms with Crippen molar-refractivity contribution in [2.45, 2.75) is 39.2 Å². The topological polar surface area (TPSA) is 46.3 Å². The van der Waals surface area contributed by atoms with Crippen molar-refractivity contribution >= 4 is 17.5 Å². The number of halogens is 1. The number of rotatable bonds is 5. The van der Waals surface area contributed by atoms with Gasteiger partial charge in [0.1, 0.15) is 0 Å². The zero-order chi connectivity index (χ0) is 14.8. The minimum absolute atomic E-state index is 0.196. The molecule has 2 N–H and O–H groups in total. The van der Waals surface area contributed by atoms with Crippen LogP contribution in [0.15, 0.2) is 24.3 Å². The maximum Gasteiger partial charge on any atom is 0.230 e. The summed E-state index contributed by atoms with van der Waals surface area (Å²) in [6, 6.07) is 7.29. The molecule has 1 aliphatic rings. The average Bonchev–Trinajstić information content (AvgIpc) is 2.38. The number of carbonyl (C=O) groups excluding carboxylic acids is 1. The van der Waals surface area contributed by atoms with Crippen LogP contribution >= 0.6 is 11.6 Å². The third-order valence-electron chi connectivity index (χ3n) is 4.53. The Kier molecular flexibility index (Phi) is 4.71. The lowest BCUT2D eigenvalue weighted by Crippen LogP contribution is -2.53. The molecule has 0 radical (unpaired) electrons. The zero-order valence-corrected chi connectivity index (χ0v) is 13.0. The average molecular weight is 295 g/mol. The molecule has 1 unspecified atom stereocenters. The summed E-state index contributed by atoms with van der Waals surface area (Å²) in [4.78, 5) is 14.7. The summed E-state index contributed by atoms with van der Waals surface area (Å²) in [5.74, 6) is 0.196. The van der Waals surface area contributed by atoms with Crippen LogP contribution in [0.5, 0.6) is 0 Å². The van der Waals surface area contributed by atoms with Gasteiger partial charge in [0.25, 0.3) is 0 Å². The van der Waals surface area contributed by atoms with Gasteiger partial charge in [-0.2, -0.15) is 0 Å². The number of hydrogen-bond donors (Lipinski definition) is 1. The van der Waals surface area contributed by atoms with Crippen LogP contribution in [0.2, 0.25) is 5.02 Å². The number of amides is 1. The van der Waals surface area contributed by atoms with Gasteiger partial charge in [-0.15, -0.1) is 0 Å². The van der Waals surface area contributed by atoms with Gasteiger partial charge in [0.05, 0.1) is 5.41 Å². The monoisotopic (exact) mass is 294 g/mol. The minimum Gasteiger partial charge on any atom is -0.343 e. The molecular formula is C16H23ClN2O. The highest BCUT2D eigenvalue weighted by atomic mass is 35.5. The molecule has 0 aromatic heterocycles. The largest absolute Gasteiger partial charge is 0.343 e. The first-order chi connectivity index (χ1) is 9.55. The van der Waals surface area contributed by atoms with Crippen molar-refractivity contribution < 1.29 is 4.79 Å². The number of nitrogens with zero attached hydrogens (tertiary/aromatic N) is 1. The Hall–Kier alpha value is -1.06. The fourth-order valence-electron chi connectivity index (χ4n) is 3.06. The fraction of sp³-hybridized carbons (Fsp3) is 0.562. The molecule has 0 spiro atoms. The third-order valence-corrected chi connectivity index (χ3v) is 4.76. The second kappa shape index (κ2) is 6.15. The smallest absolute Gasteiger partial charge is 0.230 e. The predicted molar refractivity (Wildman–Crippen MR) is 82.6 cm³/mol. The molecule has 1 aromatic carbocycles. The maximum absolute atomic E-state index is 12.8. The van der Waals surface area contributed by atoms with Crippen LogP contribution < -0.4 is 5.73 Å². The van der Waals surface area contributed by atoms with Crippen LogP contribution in [0.25, 0.3) is 0 Å². The quantitative estimate of drug-likeness (QED) is 0.905. The molecule has 0 saturated heterocycles. The molecular weight excluding hydrogens is 272 g/mol. The maximum atomic E-state index is 12.8. The van der Waals surface area contributed by atoms with Crippen molar-refractivity contribution in [3.63, 3.8) is 0 Å². The molecule has 2 rings (SSSR count). The van der Waals surface area contributed by atoms with E-state index in [9.17, 15) is 4.79 Å². The van der Waals surface area contributed by atoms with Crippen LogP contribution in [0.3, 0.4) is 0 Å². The van der Waals surface area contributed by atoms with Crippen LogP contribution in [0, 0.1) is 5.41 Å². The Morgan fingerprint density at radius 1 is 1.40 bits per heavy atom. The van der Waals surface area contributed by atoms with E-state index < -0.39 is 5.41 Å². The summed E-state index contributed by atoms with van der Waals surface area (Å²) >= 11 is 6.05. The van der Waals surface area contributed by atoms with E-state index in [1.165, 1.54) is 0 Å². The van der Waals surface area contributed by atoms with Gasteiger partial charge in [-0.05, 0) is 44.4 Å². The molecule has 1 aromatic rings. The van der Waals surface area contributed by atoms with E-state index in [4.69, 9.17) is 17.3 Å². The molecule has 3 nitrogen and oxygen atoms in total. The highest BCUT2D eigenvalue weighted by molar-refractivity contribution is 6.30. The first-order valence-electron chi connectivity index (χ1n) is 7.35. The SMILES string of the molecule is CCN(CC)C(=O)C1(C(N)c2cccc(Cl)c2)CCC1. The second-order valence-corrected chi connectivity index (χ2v) is 5.96. The Balaban J connectivity index is 2.29. The summed E-state index contributed by atoms with van der Waals surface area (Å²) < 4.78 is 0. The van der Waals surface area contributed by atoms with E-state index in [2.05, 4.69) is 0 Å². The minimum atomic E-state index is -0.434. The van der Waals surface area contributed by atoms with Crippen LogP contribution in [-0.4, -0.2) is 23.9 Å². The van der Waals surface area contributed by atoms with E-state index in [1.807, 2.05) is 43.0 Å². The third kappa shape index (κ3) is 2.57. The molecule has 1 amide bonds. The van der Waals surface area contributed by atoms with Crippen LogP contribution in [0.1, 0.15) is 44.7 Å². The van der Waals surface area contributed by atoms with E-state index in [0.717, 1.165) is 37.9 Å². The Labute approximate surface area is 126 Å². The van der Waals surface area contributed by atoms with Crippen molar-refractivity contribution in [3.8, 4) is 0 Å². The summed E-state index contributed by atoms with van der Waals surface area (Å²) in [5.41, 5.74) is 6.97. The summed E-state index contributed by atoms with van der Waals surface area (Å²) in [5, 5.41) is 0.669. The van der Waals surface area contributed by atoms with Gasteiger partial charge in [-0.3, -0.25) is 4.79 Å².